The second-order valence-corrected chi connectivity index (χ2v) is 8.40. The molecule has 1 aromatic carbocycles. The minimum absolute atomic E-state index is 0.127. The van der Waals surface area contributed by atoms with Gasteiger partial charge in [-0.25, -0.2) is 28.5 Å². The Balaban J connectivity index is 1.30. The van der Waals surface area contributed by atoms with Crippen molar-refractivity contribution < 1.29 is 18.3 Å². The number of esters is 1. The minimum Gasteiger partial charge on any atom is -0.457 e. The number of nitrogens with one attached hydrogen (secondary N) is 1. The van der Waals surface area contributed by atoms with Crippen molar-refractivity contribution >= 4 is 5.97 Å². The monoisotopic (exact) mass is 454 g/mol. The highest BCUT2D eigenvalue weighted by atomic mass is 19.3. The number of carbonyl (C=O) groups excluding carboxylic acids is 1. The molecule has 0 aliphatic carbocycles. The molecule has 0 amide bonds. The van der Waals surface area contributed by atoms with Gasteiger partial charge in [-0.1, -0.05) is 6.07 Å². The molecular formula is C23H24F2N6O2. The number of ether oxygens (including phenoxy) is 1. The molecule has 1 atom stereocenters. The van der Waals surface area contributed by atoms with Crippen molar-refractivity contribution in [3.8, 4) is 5.95 Å². The van der Waals surface area contributed by atoms with Gasteiger partial charge < -0.3 is 10.1 Å². The van der Waals surface area contributed by atoms with Crippen LogP contribution in [0.2, 0.25) is 0 Å². The molecule has 10 heteroatoms. The van der Waals surface area contributed by atoms with E-state index in [4.69, 9.17) is 4.74 Å². The van der Waals surface area contributed by atoms with Gasteiger partial charge in [0, 0.05) is 55.7 Å². The zero-order valence-corrected chi connectivity index (χ0v) is 18.4. The van der Waals surface area contributed by atoms with Gasteiger partial charge in [0.25, 0.3) is 6.43 Å². The number of imidazole rings is 1. The van der Waals surface area contributed by atoms with E-state index in [1.165, 1.54) is 16.5 Å². The van der Waals surface area contributed by atoms with Crippen molar-refractivity contribution in [3.05, 3.63) is 70.1 Å². The van der Waals surface area contributed by atoms with E-state index in [1.807, 2.05) is 19.1 Å². The van der Waals surface area contributed by atoms with Crippen LogP contribution < -0.4 is 5.32 Å². The number of fused-ring (bicyclic) bond motifs is 1. The van der Waals surface area contributed by atoms with Crippen LogP contribution >= 0.6 is 0 Å². The standard InChI is InChI=1S/C23H24F2N6O2/c1-13-16(3-4-17-18(13)11-33-22(17)32)19-10-30(6-5-26-19)9-15-7-27-23(28-8-15)31-12-29-14(2)20(31)21(24)25/h3-4,7-8,12,19,21,26H,5-6,9-11H2,1-2H3. The largest absolute Gasteiger partial charge is 0.457 e. The molecule has 1 unspecified atom stereocenters. The van der Waals surface area contributed by atoms with Gasteiger partial charge >= 0.3 is 5.97 Å². The van der Waals surface area contributed by atoms with E-state index >= 15 is 0 Å². The molecule has 0 bridgehead atoms. The van der Waals surface area contributed by atoms with Gasteiger partial charge in [0.05, 0.1) is 11.3 Å². The number of carbonyl (C=O) groups is 1. The summed E-state index contributed by atoms with van der Waals surface area (Å²) in [4.78, 5) is 26.7. The zero-order chi connectivity index (χ0) is 23.1. The molecule has 1 saturated heterocycles. The Labute approximate surface area is 189 Å². The average molecular weight is 454 g/mol. The first kappa shape index (κ1) is 21.6. The number of hydrogen-bond acceptors (Lipinski definition) is 7. The van der Waals surface area contributed by atoms with E-state index in [0.29, 0.717) is 18.7 Å². The lowest BCUT2D eigenvalue weighted by atomic mass is 9.93. The molecule has 33 heavy (non-hydrogen) atoms. The van der Waals surface area contributed by atoms with Crippen LogP contribution in [0.3, 0.4) is 0 Å². The van der Waals surface area contributed by atoms with Gasteiger partial charge in [0.1, 0.15) is 18.6 Å². The molecule has 0 saturated carbocycles. The summed E-state index contributed by atoms with van der Waals surface area (Å²) in [6.07, 6.45) is 2.02. The third kappa shape index (κ3) is 4.00. The van der Waals surface area contributed by atoms with Crippen molar-refractivity contribution in [3.63, 3.8) is 0 Å². The highest BCUT2D eigenvalue weighted by Crippen LogP contribution is 2.30. The Hall–Kier alpha value is -3.24. The van der Waals surface area contributed by atoms with Gasteiger partial charge in [-0.3, -0.25) is 9.47 Å². The summed E-state index contributed by atoms with van der Waals surface area (Å²) in [7, 11) is 0. The van der Waals surface area contributed by atoms with Crippen molar-refractivity contribution in [2.45, 2.75) is 39.5 Å². The number of aryl methyl sites for hydroxylation is 1. The van der Waals surface area contributed by atoms with E-state index in [9.17, 15) is 13.6 Å². The Morgan fingerprint density at radius 1 is 1.21 bits per heavy atom. The van der Waals surface area contributed by atoms with Crippen LogP contribution in [0.25, 0.3) is 5.95 Å². The number of halogens is 2. The first-order chi connectivity index (χ1) is 15.9. The van der Waals surface area contributed by atoms with E-state index in [2.05, 4.69) is 25.2 Å². The summed E-state index contributed by atoms with van der Waals surface area (Å²) in [6, 6.07) is 3.99. The fourth-order valence-electron chi connectivity index (χ4n) is 4.59. The molecule has 8 nitrogen and oxygen atoms in total. The van der Waals surface area contributed by atoms with E-state index in [0.717, 1.165) is 36.3 Å². The number of benzene rings is 1. The quantitative estimate of drug-likeness (QED) is 0.593. The smallest absolute Gasteiger partial charge is 0.338 e. The Morgan fingerprint density at radius 3 is 2.76 bits per heavy atom. The first-order valence-corrected chi connectivity index (χ1v) is 10.8. The van der Waals surface area contributed by atoms with E-state index in [1.54, 1.807) is 19.3 Å². The average Bonchev–Trinajstić information content (AvgIpc) is 3.38. The van der Waals surface area contributed by atoms with Gasteiger partial charge in [-0.2, -0.15) is 0 Å². The maximum absolute atomic E-state index is 13.3. The first-order valence-electron chi connectivity index (χ1n) is 10.8. The summed E-state index contributed by atoms with van der Waals surface area (Å²) in [5.41, 5.74) is 4.86. The van der Waals surface area contributed by atoms with Gasteiger partial charge in [-0.05, 0) is 31.0 Å². The van der Waals surface area contributed by atoms with Crippen LogP contribution in [0.1, 0.15) is 56.5 Å². The maximum atomic E-state index is 13.3. The molecule has 172 valence electrons. The Bertz CT molecular complexity index is 1190. The minimum atomic E-state index is -2.65. The summed E-state index contributed by atoms with van der Waals surface area (Å²) < 4.78 is 33.1. The topological polar surface area (TPSA) is 85.2 Å². The number of alkyl halides is 2. The van der Waals surface area contributed by atoms with Crippen LogP contribution in [0.4, 0.5) is 8.78 Å². The van der Waals surface area contributed by atoms with Gasteiger partial charge in [0.2, 0.25) is 5.95 Å². The molecule has 5 rings (SSSR count). The lowest BCUT2D eigenvalue weighted by Crippen LogP contribution is -2.45. The van der Waals surface area contributed by atoms with E-state index < -0.39 is 6.43 Å². The summed E-state index contributed by atoms with van der Waals surface area (Å²) in [6.45, 7) is 7.02. The van der Waals surface area contributed by atoms with Crippen molar-refractivity contribution in [1.29, 1.82) is 0 Å². The second-order valence-electron chi connectivity index (χ2n) is 8.40. The number of nitrogens with zero attached hydrogens (tertiary/aromatic N) is 5. The van der Waals surface area contributed by atoms with Gasteiger partial charge in [0.15, 0.2) is 0 Å². The predicted molar refractivity (Wildman–Crippen MR) is 115 cm³/mol. The van der Waals surface area contributed by atoms with Crippen LogP contribution in [0.5, 0.6) is 0 Å². The van der Waals surface area contributed by atoms with Gasteiger partial charge in [-0.15, -0.1) is 0 Å². The number of aromatic nitrogens is 4. The summed E-state index contributed by atoms with van der Waals surface area (Å²) in [5, 5.41) is 3.56. The van der Waals surface area contributed by atoms with E-state index in [-0.39, 0.29) is 29.3 Å². The van der Waals surface area contributed by atoms with Crippen LogP contribution in [0.15, 0.2) is 30.9 Å². The van der Waals surface area contributed by atoms with Crippen molar-refractivity contribution in [2.75, 3.05) is 19.6 Å². The molecule has 4 heterocycles. The molecule has 2 aliphatic rings. The molecular weight excluding hydrogens is 430 g/mol. The molecule has 1 N–H and O–H groups in total. The van der Waals surface area contributed by atoms with Crippen molar-refractivity contribution in [1.82, 2.24) is 29.7 Å². The normalized spacial score (nSPS) is 18.6. The zero-order valence-electron chi connectivity index (χ0n) is 18.4. The molecule has 0 spiro atoms. The predicted octanol–water partition coefficient (Wildman–Crippen LogP) is 3.03. The fraction of sp³-hybridized carbons (Fsp3) is 0.391. The van der Waals surface area contributed by atoms with Crippen LogP contribution in [-0.4, -0.2) is 50.0 Å². The molecule has 2 aliphatic heterocycles. The third-order valence-corrected chi connectivity index (χ3v) is 6.36. The van der Waals surface area contributed by atoms with Crippen LogP contribution in [-0.2, 0) is 17.9 Å². The lowest BCUT2D eigenvalue weighted by Gasteiger charge is -2.34. The SMILES string of the molecule is Cc1ncn(-c2ncc(CN3CCNC(c4ccc5c(c4C)COC5=O)C3)cn2)c1C(F)F. The summed E-state index contributed by atoms with van der Waals surface area (Å²) in [5.74, 6) is -0.0776. The Morgan fingerprint density at radius 2 is 2.00 bits per heavy atom. The Kier molecular flexibility index (Phi) is 5.63. The highest BCUT2D eigenvalue weighted by molar-refractivity contribution is 5.94. The number of rotatable bonds is 5. The highest BCUT2D eigenvalue weighted by Gasteiger charge is 2.28. The maximum Gasteiger partial charge on any atom is 0.338 e. The second kappa shape index (κ2) is 8.60. The van der Waals surface area contributed by atoms with Crippen molar-refractivity contribution in [2.24, 2.45) is 0 Å². The summed E-state index contributed by atoms with van der Waals surface area (Å²) >= 11 is 0. The molecule has 1 fully saturated rings. The third-order valence-electron chi connectivity index (χ3n) is 6.36. The fourth-order valence-corrected chi connectivity index (χ4v) is 4.59. The number of cyclic esters (lactones) is 1. The molecule has 0 radical (unpaired) electrons. The number of hydrogen-bond donors (Lipinski definition) is 1. The number of piperazine rings is 1. The molecule has 3 aromatic rings. The molecule has 2 aromatic heterocycles. The van der Waals surface area contributed by atoms with Crippen LogP contribution in [0, 0.1) is 13.8 Å². The lowest BCUT2D eigenvalue weighted by molar-refractivity contribution is 0.0535.